The molecule has 4 nitrogen and oxygen atoms in total. The summed E-state index contributed by atoms with van der Waals surface area (Å²) in [6.07, 6.45) is 3.10. The molecule has 0 aromatic heterocycles. The van der Waals surface area contributed by atoms with Crippen LogP contribution >= 0.6 is 0 Å². The molecule has 1 heterocycles. The molecule has 1 fully saturated rings. The summed E-state index contributed by atoms with van der Waals surface area (Å²) in [5.74, 6) is -0.0134. The van der Waals surface area contributed by atoms with Crippen LogP contribution in [0.4, 0.5) is 0 Å². The third kappa shape index (κ3) is 4.55. The molecular formula is C18H33NO3. The summed E-state index contributed by atoms with van der Waals surface area (Å²) in [6.45, 7) is 14.8. The highest BCUT2D eigenvalue weighted by Gasteiger charge is 2.46. The van der Waals surface area contributed by atoms with Crippen molar-refractivity contribution < 1.29 is 14.3 Å². The van der Waals surface area contributed by atoms with Crippen molar-refractivity contribution in [2.75, 3.05) is 6.61 Å². The van der Waals surface area contributed by atoms with Gasteiger partial charge in [0.25, 0.3) is 0 Å². The second-order valence-corrected chi connectivity index (χ2v) is 8.04. The van der Waals surface area contributed by atoms with Crippen LogP contribution in [0.15, 0.2) is 0 Å². The molecule has 1 atom stereocenters. The Bertz CT molecular complexity index is 413. The van der Waals surface area contributed by atoms with Gasteiger partial charge in [-0.2, -0.15) is 0 Å². The Morgan fingerprint density at radius 2 is 1.77 bits per heavy atom. The summed E-state index contributed by atoms with van der Waals surface area (Å²) in [4.78, 5) is 26.3. The fourth-order valence-electron chi connectivity index (χ4n) is 3.18. The molecule has 4 heteroatoms. The van der Waals surface area contributed by atoms with Crippen LogP contribution in [0.2, 0.25) is 0 Å². The van der Waals surface area contributed by atoms with Gasteiger partial charge in [0, 0.05) is 24.5 Å². The molecule has 0 aromatic carbocycles. The SMILES string of the molecule is CCCC(C)(C)OCCC(C)(C)N1C(=O)CC(C(C)C)C1=O. The standard InChI is InChI=1S/C18H33NO3/c1-8-9-18(6,7)22-11-10-17(4,5)19-15(20)12-14(13(2)3)16(19)21/h13-14H,8-12H2,1-7H3. The maximum atomic E-state index is 12.5. The van der Waals surface area contributed by atoms with Crippen LogP contribution in [-0.2, 0) is 14.3 Å². The lowest BCUT2D eigenvalue weighted by Gasteiger charge is -2.35. The Hall–Kier alpha value is -0.900. The van der Waals surface area contributed by atoms with Gasteiger partial charge >= 0.3 is 0 Å². The Kier molecular flexibility index (Phi) is 6.19. The quantitative estimate of drug-likeness (QED) is 0.641. The van der Waals surface area contributed by atoms with Crippen LogP contribution in [0.1, 0.15) is 74.1 Å². The number of hydrogen-bond acceptors (Lipinski definition) is 3. The van der Waals surface area contributed by atoms with Crippen LogP contribution < -0.4 is 0 Å². The minimum Gasteiger partial charge on any atom is -0.375 e. The van der Waals surface area contributed by atoms with Crippen molar-refractivity contribution in [3.8, 4) is 0 Å². The highest BCUT2D eigenvalue weighted by atomic mass is 16.5. The molecule has 1 aliphatic heterocycles. The summed E-state index contributed by atoms with van der Waals surface area (Å²) in [5.41, 5.74) is -0.634. The number of nitrogens with zero attached hydrogens (tertiary/aromatic N) is 1. The number of hydrogen-bond donors (Lipinski definition) is 0. The Balaban J connectivity index is 2.66. The predicted octanol–water partition coefficient (Wildman–Crippen LogP) is 3.78. The lowest BCUT2D eigenvalue weighted by atomic mass is 9.93. The monoisotopic (exact) mass is 311 g/mol. The zero-order valence-corrected chi connectivity index (χ0v) is 15.4. The van der Waals surface area contributed by atoms with E-state index in [0.29, 0.717) is 19.4 Å². The summed E-state index contributed by atoms with van der Waals surface area (Å²) in [7, 11) is 0. The normalized spacial score (nSPS) is 20.4. The molecule has 1 saturated heterocycles. The molecule has 1 unspecified atom stereocenters. The molecule has 128 valence electrons. The molecule has 0 aromatic rings. The van der Waals surface area contributed by atoms with Crippen LogP contribution in [0.3, 0.4) is 0 Å². The van der Waals surface area contributed by atoms with Gasteiger partial charge in [0.15, 0.2) is 0 Å². The van der Waals surface area contributed by atoms with E-state index in [-0.39, 0.29) is 29.3 Å². The smallest absolute Gasteiger partial charge is 0.233 e. The summed E-state index contributed by atoms with van der Waals surface area (Å²) in [6, 6.07) is 0. The molecule has 2 amide bonds. The second-order valence-electron chi connectivity index (χ2n) is 8.04. The number of carbonyl (C=O) groups excluding carboxylic acids is 2. The van der Waals surface area contributed by atoms with E-state index in [0.717, 1.165) is 12.8 Å². The van der Waals surface area contributed by atoms with Crippen molar-refractivity contribution in [3.63, 3.8) is 0 Å². The van der Waals surface area contributed by atoms with E-state index in [4.69, 9.17) is 4.74 Å². The molecule has 0 bridgehead atoms. The van der Waals surface area contributed by atoms with Crippen molar-refractivity contribution >= 4 is 11.8 Å². The van der Waals surface area contributed by atoms with Crippen LogP contribution in [0, 0.1) is 11.8 Å². The molecule has 0 aliphatic carbocycles. The van der Waals surface area contributed by atoms with E-state index in [1.165, 1.54) is 4.90 Å². The fourth-order valence-corrected chi connectivity index (χ4v) is 3.18. The minimum absolute atomic E-state index is 0.0159. The highest BCUT2D eigenvalue weighted by molar-refractivity contribution is 6.04. The molecule has 22 heavy (non-hydrogen) atoms. The number of rotatable bonds is 8. The lowest BCUT2D eigenvalue weighted by molar-refractivity contribution is -0.147. The van der Waals surface area contributed by atoms with Crippen molar-refractivity contribution in [1.82, 2.24) is 4.90 Å². The molecule has 0 saturated carbocycles. The Labute approximate surface area is 135 Å². The summed E-state index contributed by atoms with van der Waals surface area (Å²) >= 11 is 0. The molecule has 0 N–H and O–H groups in total. The largest absolute Gasteiger partial charge is 0.375 e. The van der Waals surface area contributed by atoms with Crippen LogP contribution in [0.25, 0.3) is 0 Å². The molecule has 1 aliphatic rings. The average molecular weight is 311 g/mol. The van der Waals surface area contributed by atoms with Gasteiger partial charge in [-0.1, -0.05) is 27.2 Å². The predicted molar refractivity (Wildman–Crippen MR) is 88.4 cm³/mol. The van der Waals surface area contributed by atoms with Crippen molar-refractivity contribution in [1.29, 1.82) is 0 Å². The molecular weight excluding hydrogens is 278 g/mol. The first-order valence-electron chi connectivity index (χ1n) is 8.52. The average Bonchev–Trinajstić information content (AvgIpc) is 2.64. The molecule has 1 rings (SSSR count). The van der Waals surface area contributed by atoms with E-state index in [1.807, 2.05) is 27.7 Å². The number of carbonyl (C=O) groups is 2. The Morgan fingerprint density at radius 1 is 1.18 bits per heavy atom. The van der Waals surface area contributed by atoms with E-state index in [9.17, 15) is 9.59 Å². The second kappa shape index (κ2) is 7.12. The zero-order chi connectivity index (χ0) is 17.1. The van der Waals surface area contributed by atoms with Crippen molar-refractivity contribution in [3.05, 3.63) is 0 Å². The molecule has 0 radical (unpaired) electrons. The lowest BCUT2D eigenvalue weighted by Crippen LogP contribution is -2.49. The first kappa shape index (κ1) is 19.1. The number of ether oxygens (including phenoxy) is 1. The van der Waals surface area contributed by atoms with Gasteiger partial charge in [-0.15, -0.1) is 0 Å². The zero-order valence-electron chi connectivity index (χ0n) is 15.4. The highest BCUT2D eigenvalue weighted by Crippen LogP contribution is 2.33. The van der Waals surface area contributed by atoms with Gasteiger partial charge in [-0.05, 0) is 46.5 Å². The van der Waals surface area contributed by atoms with Crippen molar-refractivity contribution in [2.45, 2.75) is 85.3 Å². The Morgan fingerprint density at radius 3 is 2.23 bits per heavy atom. The van der Waals surface area contributed by atoms with E-state index < -0.39 is 5.54 Å². The van der Waals surface area contributed by atoms with Crippen LogP contribution in [-0.4, -0.2) is 34.5 Å². The fraction of sp³-hybridized carbons (Fsp3) is 0.889. The van der Waals surface area contributed by atoms with Gasteiger partial charge in [-0.3, -0.25) is 14.5 Å². The van der Waals surface area contributed by atoms with E-state index >= 15 is 0 Å². The van der Waals surface area contributed by atoms with Crippen LogP contribution in [0.5, 0.6) is 0 Å². The first-order valence-corrected chi connectivity index (χ1v) is 8.52. The third-order valence-electron chi connectivity index (χ3n) is 4.65. The van der Waals surface area contributed by atoms with Crippen molar-refractivity contribution in [2.24, 2.45) is 11.8 Å². The topological polar surface area (TPSA) is 46.6 Å². The maximum Gasteiger partial charge on any atom is 0.233 e. The molecule has 0 spiro atoms. The van der Waals surface area contributed by atoms with Gasteiger partial charge in [-0.25, -0.2) is 0 Å². The third-order valence-corrected chi connectivity index (χ3v) is 4.65. The maximum absolute atomic E-state index is 12.5. The van der Waals surface area contributed by atoms with Gasteiger partial charge in [0.05, 0.1) is 5.60 Å². The number of amides is 2. The summed E-state index contributed by atoms with van der Waals surface area (Å²) in [5, 5.41) is 0. The number of imide groups is 1. The minimum atomic E-state index is -0.486. The van der Waals surface area contributed by atoms with Gasteiger partial charge in [0.2, 0.25) is 11.8 Å². The summed E-state index contributed by atoms with van der Waals surface area (Å²) < 4.78 is 5.96. The first-order chi connectivity index (χ1) is 10.0. The van der Waals surface area contributed by atoms with E-state index in [2.05, 4.69) is 20.8 Å². The van der Waals surface area contributed by atoms with Gasteiger partial charge in [0.1, 0.15) is 0 Å². The van der Waals surface area contributed by atoms with E-state index in [1.54, 1.807) is 0 Å². The number of likely N-dealkylation sites (tertiary alicyclic amines) is 1. The van der Waals surface area contributed by atoms with Gasteiger partial charge < -0.3 is 4.74 Å².